The Labute approximate surface area is 62.1 Å². The number of carboxylic acids is 1. The minimum absolute atomic E-state index is 0.167. The first-order valence-corrected chi connectivity index (χ1v) is 3.51. The number of hydrogen-bond acceptors (Lipinski definition) is 3. The topological polar surface area (TPSA) is 80.4 Å². The molecule has 0 rings (SSSR count). The quantitative estimate of drug-likeness (QED) is 0.533. The van der Waals surface area contributed by atoms with Crippen LogP contribution < -0.4 is 5.73 Å². The highest BCUT2D eigenvalue weighted by Crippen LogP contribution is 1.87. The fourth-order valence-corrected chi connectivity index (χ4v) is 0.791. The summed E-state index contributed by atoms with van der Waals surface area (Å²) in [6, 6.07) is -1.12. The zero-order chi connectivity index (χ0) is 8.15. The number of hydrogen-bond donors (Lipinski definition) is 2. The van der Waals surface area contributed by atoms with Gasteiger partial charge in [0.05, 0.1) is 16.1 Å². The van der Waals surface area contributed by atoms with Crippen LogP contribution >= 0.6 is 0 Å². The van der Waals surface area contributed by atoms with E-state index < -0.39 is 12.0 Å². The molecule has 0 spiro atoms. The first-order chi connectivity index (χ1) is 4.63. The third-order valence-electron chi connectivity index (χ3n) is 1.07. The van der Waals surface area contributed by atoms with Gasteiger partial charge in [-0.05, 0) is 6.42 Å². The molecular formula is C5H9NO3S. The Kier molecular flexibility index (Phi) is 3.90. The Bertz CT molecular complexity index is 185. The van der Waals surface area contributed by atoms with Crippen molar-refractivity contribution in [2.45, 2.75) is 19.4 Å². The summed E-state index contributed by atoms with van der Waals surface area (Å²) in [5.41, 5.74) is 5.12. The zero-order valence-corrected chi connectivity index (χ0v) is 6.35. The molecule has 58 valence electrons. The number of carbonyl (C=O) groups is 1. The van der Waals surface area contributed by atoms with Gasteiger partial charge in [0.15, 0.2) is 0 Å². The van der Waals surface area contributed by atoms with E-state index >= 15 is 0 Å². The maximum atomic E-state index is 10.2. The number of nitrogens with two attached hydrogens (primary N) is 1. The first kappa shape index (κ1) is 9.32. The number of carboxylic acid groups (broad SMARTS) is 1. The zero-order valence-electron chi connectivity index (χ0n) is 5.53. The van der Waals surface area contributed by atoms with Crippen LogP contribution in [0, 0.1) is 0 Å². The second-order valence-corrected chi connectivity index (χ2v) is 2.41. The van der Waals surface area contributed by atoms with Crippen LogP contribution in [0.15, 0.2) is 0 Å². The summed E-state index contributed by atoms with van der Waals surface area (Å²) in [6.45, 7) is 1.70. The van der Waals surface area contributed by atoms with Crippen LogP contribution in [0.2, 0.25) is 0 Å². The summed E-state index contributed by atoms with van der Waals surface area (Å²) in [4.78, 5) is 10.4. The van der Waals surface area contributed by atoms with E-state index in [0.717, 1.165) is 0 Å². The summed E-state index contributed by atoms with van der Waals surface area (Å²) in [6.07, 6.45) is 0.404. The lowest BCUT2D eigenvalue weighted by molar-refractivity contribution is -0.136. The van der Waals surface area contributed by atoms with Gasteiger partial charge in [0, 0.05) is 0 Å². The molecule has 0 aromatic carbocycles. The highest BCUT2D eigenvalue weighted by molar-refractivity contribution is 7.66. The van der Waals surface area contributed by atoms with Gasteiger partial charge >= 0.3 is 5.97 Å². The largest absolute Gasteiger partial charge is 0.480 e. The molecule has 1 atom stereocenters. The van der Waals surface area contributed by atoms with Crippen molar-refractivity contribution in [1.82, 2.24) is 0 Å². The smallest absolute Gasteiger partial charge is 0.325 e. The molecule has 0 aromatic heterocycles. The van der Waals surface area contributed by atoms with Gasteiger partial charge in [-0.1, -0.05) is 6.92 Å². The Morgan fingerprint density at radius 1 is 1.80 bits per heavy atom. The van der Waals surface area contributed by atoms with Crippen molar-refractivity contribution >= 4 is 22.1 Å². The Morgan fingerprint density at radius 3 is 2.40 bits per heavy atom. The Balaban J connectivity index is 4.32. The molecule has 0 saturated carbocycles. The lowest BCUT2D eigenvalue weighted by Gasteiger charge is -2.03. The second kappa shape index (κ2) is 4.19. The summed E-state index contributed by atoms with van der Waals surface area (Å²) in [7, 11) is 0. The maximum absolute atomic E-state index is 10.2. The summed E-state index contributed by atoms with van der Waals surface area (Å²) >= 11 is 0.167. The van der Waals surface area contributed by atoms with E-state index in [1.54, 1.807) is 6.92 Å². The number of rotatable bonds is 3. The van der Waals surface area contributed by atoms with Crippen molar-refractivity contribution in [2.75, 3.05) is 0 Å². The van der Waals surface area contributed by atoms with E-state index in [4.69, 9.17) is 10.8 Å². The van der Waals surface area contributed by atoms with Gasteiger partial charge < -0.3 is 10.8 Å². The molecule has 3 N–H and O–H groups in total. The van der Waals surface area contributed by atoms with E-state index in [-0.39, 0.29) is 16.1 Å². The van der Waals surface area contributed by atoms with Crippen molar-refractivity contribution in [3.63, 3.8) is 0 Å². The molecule has 1 unspecified atom stereocenters. The van der Waals surface area contributed by atoms with Crippen LogP contribution in [-0.2, 0) is 16.1 Å². The van der Waals surface area contributed by atoms with Crippen LogP contribution in [0.3, 0.4) is 0 Å². The summed E-state index contributed by atoms with van der Waals surface area (Å²) in [5, 5.41) is 8.32. The predicted octanol–water partition coefficient (Wildman–Crippen LogP) is -0.806. The fraction of sp³-hybridized carbons (Fsp3) is 0.600. The van der Waals surface area contributed by atoms with E-state index in [1.165, 1.54) is 0 Å². The SMILES string of the molecule is CCC(=S=O)C(N)C(=O)O. The molecule has 0 aliphatic rings. The molecule has 0 amide bonds. The molecule has 10 heavy (non-hydrogen) atoms. The molecule has 5 heteroatoms. The maximum Gasteiger partial charge on any atom is 0.325 e. The summed E-state index contributed by atoms with van der Waals surface area (Å²) < 4.78 is 10.1. The standard InChI is InChI=1S/C5H9NO3S/c1-2-3(10-9)4(6)5(7)8/h4H,2,6H2,1H3,(H,7,8). The third kappa shape index (κ3) is 2.28. The second-order valence-electron chi connectivity index (χ2n) is 1.72. The Hall–Kier alpha value is -0.680. The predicted molar refractivity (Wildman–Crippen MR) is 39.1 cm³/mol. The average Bonchev–Trinajstić information content (AvgIpc) is 1.90. The van der Waals surface area contributed by atoms with Gasteiger partial charge in [0.25, 0.3) is 0 Å². The van der Waals surface area contributed by atoms with E-state index in [1.807, 2.05) is 0 Å². The molecular weight excluding hydrogens is 154 g/mol. The molecule has 0 aromatic rings. The molecule has 0 aliphatic carbocycles. The van der Waals surface area contributed by atoms with Crippen LogP contribution in [0.5, 0.6) is 0 Å². The highest BCUT2D eigenvalue weighted by atomic mass is 32.1. The van der Waals surface area contributed by atoms with Gasteiger partial charge in [-0.3, -0.25) is 4.79 Å². The van der Waals surface area contributed by atoms with Crippen molar-refractivity contribution in [1.29, 1.82) is 0 Å². The third-order valence-corrected chi connectivity index (χ3v) is 1.83. The minimum atomic E-state index is -1.15. The molecule has 0 saturated heterocycles. The minimum Gasteiger partial charge on any atom is -0.480 e. The van der Waals surface area contributed by atoms with E-state index in [9.17, 15) is 9.00 Å². The highest BCUT2D eigenvalue weighted by Gasteiger charge is 2.16. The van der Waals surface area contributed by atoms with Gasteiger partial charge in [-0.2, -0.15) is 0 Å². The van der Waals surface area contributed by atoms with Crippen LogP contribution in [0.25, 0.3) is 0 Å². The van der Waals surface area contributed by atoms with Crippen molar-refractivity contribution in [3.05, 3.63) is 0 Å². The van der Waals surface area contributed by atoms with E-state index in [0.29, 0.717) is 6.42 Å². The van der Waals surface area contributed by atoms with Gasteiger partial charge in [-0.25, -0.2) is 4.21 Å². The lowest BCUT2D eigenvalue weighted by atomic mass is 10.2. The van der Waals surface area contributed by atoms with Crippen LogP contribution in [0.1, 0.15) is 13.3 Å². The van der Waals surface area contributed by atoms with Crippen molar-refractivity contribution in [2.24, 2.45) is 5.73 Å². The number of aliphatic carboxylic acids is 1. The monoisotopic (exact) mass is 163 g/mol. The van der Waals surface area contributed by atoms with Gasteiger partial charge in [0.1, 0.15) is 6.04 Å². The fourth-order valence-electron chi connectivity index (χ4n) is 0.468. The first-order valence-electron chi connectivity index (χ1n) is 2.77. The normalized spacial score (nSPS) is 12.2. The molecule has 0 radical (unpaired) electrons. The molecule has 0 bridgehead atoms. The lowest BCUT2D eigenvalue weighted by Crippen LogP contribution is -2.38. The summed E-state index contributed by atoms with van der Waals surface area (Å²) in [5.74, 6) is -1.15. The Morgan fingerprint density at radius 2 is 2.30 bits per heavy atom. The molecule has 4 nitrogen and oxygen atoms in total. The molecule has 0 aliphatic heterocycles. The van der Waals surface area contributed by atoms with Gasteiger partial charge in [0.2, 0.25) is 0 Å². The van der Waals surface area contributed by atoms with Gasteiger partial charge in [-0.15, -0.1) is 0 Å². The molecule has 0 heterocycles. The van der Waals surface area contributed by atoms with Crippen LogP contribution in [-0.4, -0.2) is 26.2 Å². The average molecular weight is 163 g/mol. The molecule has 0 fully saturated rings. The van der Waals surface area contributed by atoms with Crippen molar-refractivity contribution < 1.29 is 14.1 Å². The van der Waals surface area contributed by atoms with E-state index in [2.05, 4.69) is 0 Å². The van der Waals surface area contributed by atoms with Crippen LogP contribution in [0.4, 0.5) is 0 Å². The van der Waals surface area contributed by atoms with Crippen molar-refractivity contribution in [3.8, 4) is 0 Å².